The van der Waals surface area contributed by atoms with Crippen LogP contribution >= 0.6 is 0 Å². The molecule has 0 amide bonds. The minimum absolute atomic E-state index is 0.866. The van der Waals surface area contributed by atoms with Crippen LogP contribution in [-0.4, -0.2) is 38.0 Å². The van der Waals surface area contributed by atoms with E-state index in [0.717, 1.165) is 24.3 Å². The quantitative estimate of drug-likeness (QED) is 0.571. The summed E-state index contributed by atoms with van der Waals surface area (Å²) in [4.78, 5) is 6.64. The zero-order valence-electron chi connectivity index (χ0n) is 10.6. The summed E-state index contributed by atoms with van der Waals surface area (Å²) in [6.45, 7) is 6.96. The standard InChI is InChI=1S/C12H25N3/c1-5-10(6-2)11-7-8-15(9-11)12(13-3)14-4/h10-11H,5-9H2,1-4H3,(H,13,14)/t11-/m1/s1. The first-order valence-electron chi connectivity index (χ1n) is 6.16. The fourth-order valence-corrected chi connectivity index (χ4v) is 2.73. The highest BCUT2D eigenvalue weighted by molar-refractivity contribution is 5.79. The summed E-state index contributed by atoms with van der Waals surface area (Å²) in [7, 11) is 3.81. The molecule has 1 fully saturated rings. The van der Waals surface area contributed by atoms with Gasteiger partial charge in [-0.1, -0.05) is 26.7 Å². The van der Waals surface area contributed by atoms with Crippen molar-refractivity contribution in [3.8, 4) is 0 Å². The lowest BCUT2D eigenvalue weighted by atomic mass is 9.87. The number of hydrogen-bond acceptors (Lipinski definition) is 1. The van der Waals surface area contributed by atoms with Gasteiger partial charge < -0.3 is 10.2 Å². The average Bonchev–Trinajstić information content (AvgIpc) is 2.71. The lowest BCUT2D eigenvalue weighted by Crippen LogP contribution is -2.38. The van der Waals surface area contributed by atoms with Crippen LogP contribution in [0, 0.1) is 11.8 Å². The molecule has 0 aromatic rings. The van der Waals surface area contributed by atoms with Crippen molar-refractivity contribution in [2.45, 2.75) is 33.1 Å². The first-order chi connectivity index (χ1) is 7.26. The van der Waals surface area contributed by atoms with Gasteiger partial charge in [0, 0.05) is 27.2 Å². The molecule has 1 aliphatic rings. The number of likely N-dealkylation sites (tertiary alicyclic amines) is 1. The highest BCUT2D eigenvalue weighted by Crippen LogP contribution is 2.28. The minimum Gasteiger partial charge on any atom is -0.359 e. The smallest absolute Gasteiger partial charge is 0.193 e. The van der Waals surface area contributed by atoms with Crippen molar-refractivity contribution >= 4 is 5.96 Å². The number of rotatable bonds is 3. The number of nitrogens with one attached hydrogen (secondary N) is 1. The topological polar surface area (TPSA) is 27.6 Å². The third kappa shape index (κ3) is 2.86. The van der Waals surface area contributed by atoms with Crippen molar-refractivity contribution < 1.29 is 0 Å². The van der Waals surface area contributed by atoms with Crippen molar-refractivity contribution in [1.29, 1.82) is 0 Å². The summed E-state index contributed by atoms with van der Waals surface area (Å²) < 4.78 is 0. The maximum absolute atomic E-state index is 4.27. The van der Waals surface area contributed by atoms with Gasteiger partial charge in [-0.3, -0.25) is 4.99 Å². The van der Waals surface area contributed by atoms with Crippen LogP contribution in [-0.2, 0) is 0 Å². The Balaban J connectivity index is 2.51. The molecule has 3 nitrogen and oxygen atoms in total. The van der Waals surface area contributed by atoms with Crippen LogP contribution < -0.4 is 5.32 Å². The van der Waals surface area contributed by atoms with Crippen molar-refractivity contribution in [3.05, 3.63) is 0 Å². The Morgan fingerprint density at radius 2 is 2.13 bits per heavy atom. The lowest BCUT2D eigenvalue weighted by molar-refractivity contribution is 0.319. The molecule has 0 aliphatic carbocycles. The molecule has 1 N–H and O–H groups in total. The van der Waals surface area contributed by atoms with E-state index in [4.69, 9.17) is 0 Å². The second-order valence-electron chi connectivity index (χ2n) is 4.37. The Kier molecular flexibility index (Phi) is 4.92. The highest BCUT2D eigenvalue weighted by atomic mass is 15.3. The van der Waals surface area contributed by atoms with E-state index < -0.39 is 0 Å². The molecule has 0 radical (unpaired) electrons. The molecule has 15 heavy (non-hydrogen) atoms. The summed E-state index contributed by atoms with van der Waals surface area (Å²) in [6, 6.07) is 0. The fraction of sp³-hybridized carbons (Fsp3) is 0.917. The summed E-state index contributed by atoms with van der Waals surface area (Å²) >= 11 is 0. The second-order valence-corrected chi connectivity index (χ2v) is 4.37. The number of guanidine groups is 1. The van der Waals surface area contributed by atoms with Gasteiger partial charge in [0.05, 0.1) is 0 Å². The molecule has 0 aromatic heterocycles. The number of nitrogens with zero attached hydrogens (tertiary/aromatic N) is 2. The van der Waals surface area contributed by atoms with Gasteiger partial charge in [0.15, 0.2) is 5.96 Å². The summed E-state index contributed by atoms with van der Waals surface area (Å²) in [5.41, 5.74) is 0. The predicted molar refractivity (Wildman–Crippen MR) is 66.2 cm³/mol. The molecule has 1 heterocycles. The van der Waals surface area contributed by atoms with Gasteiger partial charge in [-0.15, -0.1) is 0 Å². The van der Waals surface area contributed by atoms with Gasteiger partial charge in [-0.05, 0) is 18.3 Å². The Morgan fingerprint density at radius 1 is 1.47 bits per heavy atom. The third-order valence-corrected chi connectivity index (χ3v) is 3.68. The van der Waals surface area contributed by atoms with Gasteiger partial charge in [-0.2, -0.15) is 0 Å². The predicted octanol–water partition coefficient (Wildman–Crippen LogP) is 1.95. The first-order valence-corrected chi connectivity index (χ1v) is 6.16. The molecular formula is C12H25N3. The maximum Gasteiger partial charge on any atom is 0.193 e. The Morgan fingerprint density at radius 3 is 2.60 bits per heavy atom. The molecule has 1 aliphatic heterocycles. The number of hydrogen-bond donors (Lipinski definition) is 1. The van der Waals surface area contributed by atoms with Crippen LogP contribution in [0.1, 0.15) is 33.1 Å². The van der Waals surface area contributed by atoms with E-state index >= 15 is 0 Å². The molecule has 0 saturated carbocycles. The molecule has 1 saturated heterocycles. The normalized spacial score (nSPS) is 22.6. The van der Waals surface area contributed by atoms with E-state index in [-0.39, 0.29) is 0 Å². The van der Waals surface area contributed by atoms with E-state index in [1.807, 2.05) is 14.1 Å². The lowest BCUT2D eigenvalue weighted by Gasteiger charge is -2.23. The van der Waals surface area contributed by atoms with Crippen molar-refractivity contribution in [2.24, 2.45) is 16.8 Å². The summed E-state index contributed by atoms with van der Waals surface area (Å²) in [6.07, 6.45) is 3.95. The largest absolute Gasteiger partial charge is 0.359 e. The van der Waals surface area contributed by atoms with Gasteiger partial charge in [0.1, 0.15) is 0 Å². The zero-order chi connectivity index (χ0) is 11.3. The SMILES string of the molecule is CCC(CC)[C@@H]1CCN(C(=NC)NC)C1. The Bertz CT molecular complexity index is 209. The van der Waals surface area contributed by atoms with E-state index in [1.165, 1.54) is 25.8 Å². The zero-order valence-corrected chi connectivity index (χ0v) is 10.6. The molecule has 3 heteroatoms. The molecule has 0 spiro atoms. The van der Waals surface area contributed by atoms with Crippen molar-refractivity contribution in [2.75, 3.05) is 27.2 Å². The Hall–Kier alpha value is -0.730. The highest BCUT2D eigenvalue weighted by Gasteiger charge is 2.28. The molecule has 1 rings (SSSR count). The van der Waals surface area contributed by atoms with Crippen LogP contribution in [0.5, 0.6) is 0 Å². The van der Waals surface area contributed by atoms with E-state index in [0.29, 0.717) is 0 Å². The minimum atomic E-state index is 0.866. The second kappa shape index (κ2) is 5.99. The first kappa shape index (κ1) is 12.3. The van der Waals surface area contributed by atoms with Gasteiger partial charge in [0.2, 0.25) is 0 Å². The molecular weight excluding hydrogens is 186 g/mol. The van der Waals surface area contributed by atoms with Crippen molar-refractivity contribution in [1.82, 2.24) is 10.2 Å². The van der Waals surface area contributed by atoms with Crippen LogP contribution in [0.25, 0.3) is 0 Å². The van der Waals surface area contributed by atoms with Gasteiger partial charge >= 0.3 is 0 Å². The molecule has 1 atom stereocenters. The summed E-state index contributed by atoms with van der Waals surface area (Å²) in [5, 5.41) is 3.17. The van der Waals surface area contributed by atoms with Gasteiger partial charge in [0.25, 0.3) is 0 Å². The van der Waals surface area contributed by atoms with Crippen LogP contribution in [0.3, 0.4) is 0 Å². The van der Waals surface area contributed by atoms with E-state index in [9.17, 15) is 0 Å². The molecule has 0 aromatic carbocycles. The Labute approximate surface area is 94.0 Å². The maximum atomic E-state index is 4.27. The molecule has 0 bridgehead atoms. The molecule has 0 unspecified atom stereocenters. The summed E-state index contributed by atoms with van der Waals surface area (Å²) in [5.74, 6) is 2.80. The van der Waals surface area contributed by atoms with Crippen LogP contribution in [0.15, 0.2) is 4.99 Å². The number of aliphatic imine (C=N–C) groups is 1. The fourth-order valence-electron chi connectivity index (χ4n) is 2.73. The van der Waals surface area contributed by atoms with E-state index in [1.54, 1.807) is 0 Å². The average molecular weight is 211 g/mol. The van der Waals surface area contributed by atoms with Crippen LogP contribution in [0.2, 0.25) is 0 Å². The van der Waals surface area contributed by atoms with E-state index in [2.05, 4.69) is 29.1 Å². The monoisotopic (exact) mass is 211 g/mol. The molecule has 88 valence electrons. The van der Waals surface area contributed by atoms with Crippen LogP contribution in [0.4, 0.5) is 0 Å². The van der Waals surface area contributed by atoms with Crippen molar-refractivity contribution in [3.63, 3.8) is 0 Å². The third-order valence-electron chi connectivity index (χ3n) is 3.68. The van der Waals surface area contributed by atoms with Gasteiger partial charge in [-0.25, -0.2) is 0 Å².